The highest BCUT2D eigenvalue weighted by Gasteiger charge is 2.32. The summed E-state index contributed by atoms with van der Waals surface area (Å²) in [5, 5.41) is 3.72. The van der Waals surface area contributed by atoms with Crippen LogP contribution in [0.1, 0.15) is 6.42 Å². The number of nitrogens with zero attached hydrogens (tertiary/aromatic N) is 6. The van der Waals surface area contributed by atoms with Gasteiger partial charge < -0.3 is 0 Å². The van der Waals surface area contributed by atoms with Crippen molar-refractivity contribution in [2.45, 2.75) is 6.42 Å². The second kappa shape index (κ2) is 5.39. The van der Waals surface area contributed by atoms with Crippen molar-refractivity contribution in [2.75, 3.05) is 18.0 Å². The number of halogens is 2. The second-order valence-corrected chi connectivity index (χ2v) is 4.54. The molecule has 9 heteroatoms. The topological polar surface area (TPSA) is 94.9 Å². The monoisotopic (exact) mass is 286 g/mol. The van der Waals surface area contributed by atoms with E-state index in [1.807, 2.05) is 0 Å². The molecule has 7 nitrogen and oxygen atoms in total. The molecule has 0 saturated carbocycles. The Hall–Kier alpha value is -1.56. The van der Waals surface area contributed by atoms with Gasteiger partial charge in [-0.2, -0.15) is 0 Å². The molecule has 1 atom stereocenters. The molecular weight excluding hydrogens is 279 g/mol. The van der Waals surface area contributed by atoms with Gasteiger partial charge in [-0.05, 0) is 11.4 Å². The standard InChI is InChI=1S/C9H8Cl2N6O/c10-6-3-13-9(8(11)15-6)17-4-5(1-7(17)18)2-14-16-12/h3,5H,1-2,4H2. The summed E-state index contributed by atoms with van der Waals surface area (Å²) in [6, 6.07) is 0. The van der Waals surface area contributed by atoms with Gasteiger partial charge >= 0.3 is 0 Å². The molecule has 0 aromatic carbocycles. The van der Waals surface area contributed by atoms with E-state index < -0.39 is 0 Å². The van der Waals surface area contributed by atoms with E-state index in [1.54, 1.807) is 0 Å². The van der Waals surface area contributed by atoms with Crippen LogP contribution in [-0.4, -0.2) is 29.0 Å². The molecule has 1 fully saturated rings. The van der Waals surface area contributed by atoms with Gasteiger partial charge in [0.2, 0.25) is 5.91 Å². The predicted octanol–water partition coefficient (Wildman–Crippen LogP) is 2.45. The number of aromatic nitrogens is 2. The lowest BCUT2D eigenvalue weighted by Gasteiger charge is -2.15. The molecule has 0 N–H and O–H groups in total. The van der Waals surface area contributed by atoms with Crippen molar-refractivity contribution in [1.82, 2.24) is 9.97 Å². The van der Waals surface area contributed by atoms with Crippen molar-refractivity contribution >= 4 is 34.9 Å². The summed E-state index contributed by atoms with van der Waals surface area (Å²) < 4.78 is 0. The highest BCUT2D eigenvalue weighted by atomic mass is 35.5. The normalized spacial score (nSPS) is 18.9. The van der Waals surface area contributed by atoms with Gasteiger partial charge in [-0.1, -0.05) is 28.3 Å². The Morgan fingerprint density at radius 2 is 2.39 bits per heavy atom. The molecular formula is C9H8Cl2N6O. The van der Waals surface area contributed by atoms with Crippen LogP contribution in [0.3, 0.4) is 0 Å². The summed E-state index contributed by atoms with van der Waals surface area (Å²) in [5.74, 6) is 0.142. The number of carbonyl (C=O) groups excluding carboxylic acids is 1. The minimum Gasteiger partial charge on any atom is -0.294 e. The van der Waals surface area contributed by atoms with E-state index >= 15 is 0 Å². The smallest absolute Gasteiger partial charge is 0.228 e. The summed E-state index contributed by atoms with van der Waals surface area (Å²) in [5.41, 5.74) is 8.25. The third-order valence-corrected chi connectivity index (χ3v) is 2.98. The van der Waals surface area contributed by atoms with E-state index in [1.165, 1.54) is 11.1 Å². The summed E-state index contributed by atoms with van der Waals surface area (Å²) in [4.78, 5) is 23.8. The third kappa shape index (κ3) is 2.64. The first kappa shape index (κ1) is 12.9. The molecule has 1 aliphatic heterocycles. The Morgan fingerprint density at radius 1 is 1.61 bits per heavy atom. The maximum absolute atomic E-state index is 11.8. The number of azide groups is 1. The molecule has 2 rings (SSSR count). The summed E-state index contributed by atoms with van der Waals surface area (Å²) in [6.07, 6.45) is 1.64. The molecule has 1 aliphatic rings. The second-order valence-electron chi connectivity index (χ2n) is 3.80. The first-order chi connectivity index (χ1) is 8.61. The lowest BCUT2D eigenvalue weighted by atomic mass is 10.1. The summed E-state index contributed by atoms with van der Waals surface area (Å²) >= 11 is 11.5. The zero-order valence-corrected chi connectivity index (χ0v) is 10.6. The molecule has 0 radical (unpaired) electrons. The first-order valence-corrected chi connectivity index (χ1v) is 5.86. The van der Waals surface area contributed by atoms with E-state index in [-0.39, 0.29) is 34.5 Å². The van der Waals surface area contributed by atoms with Crippen molar-refractivity contribution in [2.24, 2.45) is 11.0 Å². The van der Waals surface area contributed by atoms with Crippen molar-refractivity contribution in [3.63, 3.8) is 0 Å². The Kier molecular flexibility index (Phi) is 3.86. The number of carbonyl (C=O) groups is 1. The van der Waals surface area contributed by atoms with Crippen LogP contribution in [0.25, 0.3) is 10.4 Å². The summed E-state index contributed by atoms with van der Waals surface area (Å²) in [7, 11) is 0. The Bertz CT molecular complexity index is 530. The van der Waals surface area contributed by atoms with Crippen LogP contribution >= 0.6 is 23.2 Å². The largest absolute Gasteiger partial charge is 0.294 e. The van der Waals surface area contributed by atoms with E-state index in [2.05, 4.69) is 20.0 Å². The maximum Gasteiger partial charge on any atom is 0.228 e. The van der Waals surface area contributed by atoms with Crippen LogP contribution in [0, 0.1) is 5.92 Å². The van der Waals surface area contributed by atoms with Crippen LogP contribution in [-0.2, 0) is 4.79 Å². The molecule has 1 saturated heterocycles. The van der Waals surface area contributed by atoms with Crippen LogP contribution in [0.5, 0.6) is 0 Å². The minimum atomic E-state index is -0.119. The molecule has 0 aliphatic carbocycles. The molecule has 0 spiro atoms. The molecule has 94 valence electrons. The first-order valence-electron chi connectivity index (χ1n) is 5.11. The molecule has 1 aromatic rings. The SMILES string of the molecule is [N-]=[N+]=NCC1CC(=O)N(c2ncc(Cl)nc2Cl)C1. The molecule has 1 amide bonds. The molecule has 0 bridgehead atoms. The van der Waals surface area contributed by atoms with Crippen molar-refractivity contribution in [1.29, 1.82) is 0 Å². The lowest BCUT2D eigenvalue weighted by molar-refractivity contribution is -0.117. The molecule has 1 unspecified atom stereocenters. The van der Waals surface area contributed by atoms with Crippen LogP contribution in [0.2, 0.25) is 10.3 Å². The van der Waals surface area contributed by atoms with E-state index in [4.69, 9.17) is 28.7 Å². The maximum atomic E-state index is 11.8. The molecule has 2 heterocycles. The number of rotatable bonds is 3. The van der Waals surface area contributed by atoms with Gasteiger partial charge in [0.25, 0.3) is 0 Å². The average molecular weight is 287 g/mol. The number of amides is 1. The Labute approximate surface area is 112 Å². The fourth-order valence-electron chi connectivity index (χ4n) is 1.78. The van der Waals surface area contributed by atoms with Crippen molar-refractivity contribution < 1.29 is 4.79 Å². The number of hydrogen-bond donors (Lipinski definition) is 0. The lowest BCUT2D eigenvalue weighted by Crippen LogP contribution is -2.26. The van der Waals surface area contributed by atoms with Crippen LogP contribution < -0.4 is 4.90 Å². The van der Waals surface area contributed by atoms with Gasteiger partial charge in [0.15, 0.2) is 11.0 Å². The highest BCUT2D eigenvalue weighted by molar-refractivity contribution is 6.34. The summed E-state index contributed by atoms with van der Waals surface area (Å²) in [6.45, 7) is 0.686. The molecule has 1 aromatic heterocycles. The van der Waals surface area contributed by atoms with Crippen LogP contribution in [0.15, 0.2) is 11.3 Å². The Morgan fingerprint density at radius 3 is 3.06 bits per heavy atom. The van der Waals surface area contributed by atoms with Crippen molar-refractivity contribution in [3.8, 4) is 0 Å². The van der Waals surface area contributed by atoms with Crippen LogP contribution in [0.4, 0.5) is 5.82 Å². The Balaban J connectivity index is 2.18. The fourth-order valence-corrected chi connectivity index (χ4v) is 2.20. The highest BCUT2D eigenvalue weighted by Crippen LogP contribution is 2.28. The van der Waals surface area contributed by atoms with Gasteiger partial charge in [0.05, 0.1) is 6.20 Å². The van der Waals surface area contributed by atoms with Gasteiger partial charge in [0.1, 0.15) is 5.15 Å². The van der Waals surface area contributed by atoms with Crippen molar-refractivity contribution in [3.05, 3.63) is 26.9 Å². The minimum absolute atomic E-state index is 0.0260. The average Bonchev–Trinajstić information content (AvgIpc) is 2.68. The zero-order valence-electron chi connectivity index (χ0n) is 9.12. The van der Waals surface area contributed by atoms with Gasteiger partial charge in [-0.25, -0.2) is 9.97 Å². The van der Waals surface area contributed by atoms with Gasteiger partial charge in [0, 0.05) is 24.4 Å². The fraction of sp³-hybridized carbons (Fsp3) is 0.444. The number of anilines is 1. The van der Waals surface area contributed by atoms with E-state index in [9.17, 15) is 4.79 Å². The van der Waals surface area contributed by atoms with E-state index in [0.29, 0.717) is 13.0 Å². The third-order valence-electron chi connectivity index (χ3n) is 2.55. The number of hydrogen-bond acceptors (Lipinski definition) is 4. The molecule has 18 heavy (non-hydrogen) atoms. The van der Waals surface area contributed by atoms with Gasteiger partial charge in [-0.3, -0.25) is 9.69 Å². The zero-order chi connectivity index (χ0) is 13.1. The van der Waals surface area contributed by atoms with E-state index in [0.717, 1.165) is 0 Å². The predicted molar refractivity (Wildman–Crippen MR) is 66.5 cm³/mol. The quantitative estimate of drug-likeness (QED) is 0.485. The van der Waals surface area contributed by atoms with Gasteiger partial charge in [-0.15, -0.1) is 0 Å².